The second kappa shape index (κ2) is 6.13. The summed E-state index contributed by atoms with van der Waals surface area (Å²) < 4.78 is 45.3. The molecular weight excluding hydrogens is 313 g/mol. The molecule has 7 heteroatoms. The van der Waals surface area contributed by atoms with E-state index in [0.29, 0.717) is 5.56 Å². The molecule has 2 aromatic rings. The van der Waals surface area contributed by atoms with Crippen LogP contribution in [0.5, 0.6) is 5.75 Å². The van der Waals surface area contributed by atoms with E-state index in [1.54, 1.807) is 19.1 Å². The van der Waals surface area contributed by atoms with Crippen molar-refractivity contribution < 1.29 is 17.5 Å². The third kappa shape index (κ3) is 3.61. The minimum atomic E-state index is -3.59. The maximum absolute atomic E-state index is 13.6. The molecule has 0 aliphatic carbocycles. The molecule has 1 heterocycles. The first kappa shape index (κ1) is 15.9. The van der Waals surface area contributed by atoms with Crippen LogP contribution in [0, 0.1) is 19.7 Å². The molecule has 0 atom stereocenters. The van der Waals surface area contributed by atoms with E-state index in [1.165, 1.54) is 30.6 Å². The minimum absolute atomic E-state index is 0.0254. The van der Waals surface area contributed by atoms with Gasteiger partial charge in [0, 0.05) is 16.3 Å². The van der Waals surface area contributed by atoms with Gasteiger partial charge >= 0.3 is 0 Å². The fraction of sp³-hybridized carbons (Fsp3) is 0.286. The maximum atomic E-state index is 13.6. The molecule has 0 saturated carbocycles. The van der Waals surface area contributed by atoms with Gasteiger partial charge in [-0.3, -0.25) is 0 Å². The lowest BCUT2D eigenvalue weighted by Gasteiger charge is -2.08. The summed E-state index contributed by atoms with van der Waals surface area (Å²) in [4.78, 5) is 1.95. The Labute approximate surface area is 127 Å². The van der Waals surface area contributed by atoms with Crippen LogP contribution in [-0.4, -0.2) is 15.5 Å². The van der Waals surface area contributed by atoms with Crippen LogP contribution in [0.1, 0.15) is 15.3 Å². The average molecular weight is 329 g/mol. The van der Waals surface area contributed by atoms with Crippen LogP contribution in [-0.2, 0) is 16.6 Å². The quantitative estimate of drug-likeness (QED) is 0.917. The van der Waals surface area contributed by atoms with Crippen molar-refractivity contribution in [3.8, 4) is 5.75 Å². The third-order valence-electron chi connectivity index (χ3n) is 2.97. The summed E-state index contributed by atoms with van der Waals surface area (Å²) in [5.74, 6) is -0.386. The first-order valence-corrected chi connectivity index (χ1v) is 8.52. The topological polar surface area (TPSA) is 55.4 Å². The Kier molecular flexibility index (Phi) is 4.65. The molecule has 2 rings (SSSR count). The normalized spacial score (nSPS) is 11.6. The fourth-order valence-corrected chi connectivity index (χ4v) is 4.52. The molecule has 0 unspecified atom stereocenters. The average Bonchev–Trinajstić information content (AvgIpc) is 2.76. The van der Waals surface area contributed by atoms with E-state index in [2.05, 4.69) is 4.72 Å². The van der Waals surface area contributed by atoms with Gasteiger partial charge in [-0.05, 0) is 37.6 Å². The number of ether oxygens (including phenoxy) is 1. The van der Waals surface area contributed by atoms with Crippen molar-refractivity contribution in [2.75, 3.05) is 7.11 Å². The summed E-state index contributed by atoms with van der Waals surface area (Å²) in [5.41, 5.74) is 0.529. The van der Waals surface area contributed by atoms with Crippen LogP contribution in [0.15, 0.2) is 29.2 Å². The van der Waals surface area contributed by atoms with Gasteiger partial charge in [-0.2, -0.15) is 0 Å². The summed E-state index contributed by atoms with van der Waals surface area (Å²) >= 11 is 1.43. The molecule has 0 amide bonds. The smallest absolute Gasteiger partial charge is 0.241 e. The van der Waals surface area contributed by atoms with Crippen molar-refractivity contribution in [3.05, 3.63) is 45.4 Å². The first-order valence-electron chi connectivity index (χ1n) is 6.22. The van der Waals surface area contributed by atoms with Crippen molar-refractivity contribution >= 4 is 21.4 Å². The number of methoxy groups -OCH3 is 1. The van der Waals surface area contributed by atoms with Gasteiger partial charge in [0.05, 0.1) is 12.0 Å². The molecule has 1 aromatic heterocycles. The van der Waals surface area contributed by atoms with Gasteiger partial charge in [0.25, 0.3) is 0 Å². The number of halogens is 1. The molecule has 1 aromatic carbocycles. The SMILES string of the molecule is COc1ccc(CNS(=O)(=O)c2cc(C)sc2C)cc1F. The molecule has 114 valence electrons. The summed E-state index contributed by atoms with van der Waals surface area (Å²) in [6.07, 6.45) is 0. The number of hydrogen-bond donors (Lipinski definition) is 1. The summed E-state index contributed by atoms with van der Waals surface area (Å²) in [5, 5.41) is 0. The molecular formula is C14H16FNO3S2. The predicted molar refractivity (Wildman–Crippen MR) is 80.8 cm³/mol. The van der Waals surface area contributed by atoms with Gasteiger partial charge in [0.1, 0.15) is 0 Å². The Hall–Kier alpha value is -1.44. The van der Waals surface area contributed by atoms with Crippen molar-refractivity contribution in [2.24, 2.45) is 0 Å². The highest BCUT2D eigenvalue weighted by atomic mass is 32.2. The molecule has 0 bridgehead atoms. The van der Waals surface area contributed by atoms with Gasteiger partial charge in [-0.15, -0.1) is 11.3 Å². The van der Waals surface area contributed by atoms with E-state index in [0.717, 1.165) is 9.75 Å². The van der Waals surface area contributed by atoms with E-state index in [4.69, 9.17) is 4.74 Å². The van der Waals surface area contributed by atoms with Crippen LogP contribution in [0.3, 0.4) is 0 Å². The Balaban J connectivity index is 2.15. The second-order valence-electron chi connectivity index (χ2n) is 4.57. The molecule has 0 aliphatic heterocycles. The number of rotatable bonds is 5. The zero-order chi connectivity index (χ0) is 15.6. The predicted octanol–water partition coefficient (Wildman–Crippen LogP) is 2.99. The van der Waals surface area contributed by atoms with Gasteiger partial charge in [-0.1, -0.05) is 6.07 Å². The molecule has 1 N–H and O–H groups in total. The zero-order valence-electron chi connectivity index (χ0n) is 11.9. The lowest BCUT2D eigenvalue weighted by atomic mass is 10.2. The highest BCUT2D eigenvalue weighted by Crippen LogP contribution is 2.25. The van der Waals surface area contributed by atoms with E-state index < -0.39 is 15.8 Å². The van der Waals surface area contributed by atoms with Gasteiger partial charge in [-0.25, -0.2) is 17.5 Å². The number of aryl methyl sites for hydroxylation is 2. The first-order chi connectivity index (χ1) is 9.83. The van der Waals surface area contributed by atoms with Crippen LogP contribution in [0.2, 0.25) is 0 Å². The lowest BCUT2D eigenvalue weighted by molar-refractivity contribution is 0.386. The van der Waals surface area contributed by atoms with Gasteiger partial charge in [0.15, 0.2) is 11.6 Å². The highest BCUT2D eigenvalue weighted by Gasteiger charge is 2.18. The standard InChI is InChI=1S/C14H16FNO3S2/c1-9-6-14(10(2)20-9)21(17,18)16-8-11-4-5-13(19-3)12(15)7-11/h4-7,16H,8H2,1-3H3. The molecule has 4 nitrogen and oxygen atoms in total. The maximum Gasteiger partial charge on any atom is 0.241 e. The molecule has 0 radical (unpaired) electrons. The van der Waals surface area contributed by atoms with E-state index in [-0.39, 0.29) is 17.2 Å². The third-order valence-corrected chi connectivity index (χ3v) is 5.59. The minimum Gasteiger partial charge on any atom is -0.494 e. The van der Waals surface area contributed by atoms with Crippen molar-refractivity contribution in [2.45, 2.75) is 25.3 Å². The lowest BCUT2D eigenvalue weighted by Crippen LogP contribution is -2.23. The molecule has 0 spiro atoms. The highest BCUT2D eigenvalue weighted by molar-refractivity contribution is 7.89. The Morgan fingerprint density at radius 1 is 1.29 bits per heavy atom. The van der Waals surface area contributed by atoms with Crippen molar-refractivity contribution in [1.82, 2.24) is 4.72 Å². The number of thiophene rings is 1. The molecule has 21 heavy (non-hydrogen) atoms. The van der Waals surface area contributed by atoms with E-state index in [9.17, 15) is 12.8 Å². The fourth-order valence-electron chi connectivity index (χ4n) is 1.95. The van der Waals surface area contributed by atoms with Crippen molar-refractivity contribution in [3.63, 3.8) is 0 Å². The second-order valence-corrected chi connectivity index (χ2v) is 7.77. The number of sulfonamides is 1. The molecule has 0 aliphatic rings. The Morgan fingerprint density at radius 3 is 2.52 bits per heavy atom. The summed E-state index contributed by atoms with van der Waals surface area (Å²) in [6, 6.07) is 5.99. The van der Waals surface area contributed by atoms with E-state index >= 15 is 0 Å². The summed E-state index contributed by atoms with van der Waals surface area (Å²) in [7, 11) is -2.21. The number of nitrogens with one attached hydrogen (secondary N) is 1. The van der Waals surface area contributed by atoms with Crippen LogP contribution < -0.4 is 9.46 Å². The zero-order valence-corrected chi connectivity index (χ0v) is 13.6. The van der Waals surface area contributed by atoms with Crippen molar-refractivity contribution in [1.29, 1.82) is 0 Å². The largest absolute Gasteiger partial charge is 0.494 e. The Bertz CT molecular complexity index is 754. The van der Waals surface area contributed by atoms with Gasteiger partial charge < -0.3 is 4.74 Å². The van der Waals surface area contributed by atoms with Crippen LogP contribution in [0.25, 0.3) is 0 Å². The van der Waals surface area contributed by atoms with Crippen LogP contribution in [0.4, 0.5) is 4.39 Å². The van der Waals surface area contributed by atoms with Crippen LogP contribution >= 0.6 is 11.3 Å². The van der Waals surface area contributed by atoms with Gasteiger partial charge in [0.2, 0.25) is 10.0 Å². The molecule has 0 fully saturated rings. The Morgan fingerprint density at radius 2 is 2.00 bits per heavy atom. The monoisotopic (exact) mass is 329 g/mol. The number of benzene rings is 1. The van der Waals surface area contributed by atoms with E-state index in [1.807, 2.05) is 6.92 Å². The summed E-state index contributed by atoms with van der Waals surface area (Å²) in [6.45, 7) is 3.65. The number of hydrogen-bond acceptors (Lipinski definition) is 4. The molecule has 0 saturated heterocycles.